The number of unbranched alkanes of at least 4 members (excludes halogenated alkanes) is 1. The van der Waals surface area contributed by atoms with E-state index in [1.54, 1.807) is 6.92 Å². The number of carbonyl (C=O) groups is 2. The molecule has 0 aromatic carbocycles. The molecule has 0 aliphatic carbocycles. The average molecular weight is 334 g/mol. The number of carboxylic acid groups (broad SMARTS) is 1. The number of carboxylic acids is 1. The monoisotopic (exact) mass is 334 g/mol. The van der Waals surface area contributed by atoms with Crippen LogP contribution in [0.15, 0.2) is 0 Å². The first-order valence-electron chi connectivity index (χ1n) is 7.82. The summed E-state index contributed by atoms with van der Waals surface area (Å²) in [5.74, 6) is -1.50. The lowest BCUT2D eigenvalue weighted by atomic mass is 9.97. The van der Waals surface area contributed by atoms with E-state index in [4.69, 9.17) is 5.11 Å². The van der Waals surface area contributed by atoms with Crippen molar-refractivity contribution < 1.29 is 23.1 Å². The lowest BCUT2D eigenvalue weighted by molar-refractivity contribution is -0.142. The van der Waals surface area contributed by atoms with Gasteiger partial charge in [0.1, 0.15) is 6.04 Å². The van der Waals surface area contributed by atoms with E-state index >= 15 is 0 Å². The van der Waals surface area contributed by atoms with E-state index in [0.29, 0.717) is 38.8 Å². The zero-order chi connectivity index (χ0) is 16.8. The highest BCUT2D eigenvalue weighted by molar-refractivity contribution is 7.89. The maximum absolute atomic E-state index is 12.1. The van der Waals surface area contributed by atoms with Crippen molar-refractivity contribution in [3.8, 4) is 0 Å². The number of aliphatic carboxylic acids is 1. The maximum atomic E-state index is 12.1. The summed E-state index contributed by atoms with van der Waals surface area (Å²) in [6.45, 7) is 4.29. The van der Waals surface area contributed by atoms with Crippen molar-refractivity contribution in [2.45, 2.75) is 52.0 Å². The molecule has 0 radical (unpaired) electrons. The van der Waals surface area contributed by atoms with E-state index in [1.165, 1.54) is 4.31 Å². The third-order valence-electron chi connectivity index (χ3n) is 4.00. The van der Waals surface area contributed by atoms with Gasteiger partial charge in [-0.3, -0.25) is 4.79 Å². The SMILES string of the molecule is CCCCS(=O)(=O)N1CCC(C(=O)NC(CC)C(=O)O)CC1. The lowest BCUT2D eigenvalue weighted by Gasteiger charge is -2.31. The van der Waals surface area contributed by atoms with Crippen molar-refractivity contribution in [1.82, 2.24) is 9.62 Å². The molecule has 1 aliphatic rings. The number of hydrogen-bond acceptors (Lipinski definition) is 4. The highest BCUT2D eigenvalue weighted by Crippen LogP contribution is 2.20. The average Bonchev–Trinajstić information content (AvgIpc) is 2.50. The molecule has 1 rings (SSSR count). The number of hydrogen-bond donors (Lipinski definition) is 2. The Morgan fingerprint density at radius 1 is 1.27 bits per heavy atom. The van der Waals surface area contributed by atoms with Crippen LogP contribution in [0.1, 0.15) is 46.0 Å². The molecular weight excluding hydrogens is 308 g/mol. The van der Waals surface area contributed by atoms with E-state index < -0.39 is 22.0 Å². The van der Waals surface area contributed by atoms with E-state index in [2.05, 4.69) is 5.32 Å². The molecule has 1 unspecified atom stereocenters. The number of piperidine rings is 1. The second-order valence-corrected chi connectivity index (χ2v) is 7.74. The topological polar surface area (TPSA) is 104 Å². The molecule has 22 heavy (non-hydrogen) atoms. The second-order valence-electron chi connectivity index (χ2n) is 5.65. The van der Waals surface area contributed by atoms with Gasteiger partial charge in [0.2, 0.25) is 15.9 Å². The van der Waals surface area contributed by atoms with Crippen LogP contribution in [-0.2, 0) is 19.6 Å². The molecular formula is C14H26N2O5S. The van der Waals surface area contributed by atoms with Crippen molar-refractivity contribution in [3.05, 3.63) is 0 Å². The fourth-order valence-corrected chi connectivity index (χ4v) is 4.16. The van der Waals surface area contributed by atoms with Crippen LogP contribution in [0.4, 0.5) is 0 Å². The van der Waals surface area contributed by atoms with Gasteiger partial charge in [0.25, 0.3) is 0 Å². The molecule has 0 spiro atoms. The molecule has 0 saturated carbocycles. The summed E-state index contributed by atoms with van der Waals surface area (Å²) in [5.41, 5.74) is 0. The summed E-state index contributed by atoms with van der Waals surface area (Å²) >= 11 is 0. The molecule has 8 heteroatoms. The molecule has 1 amide bonds. The molecule has 128 valence electrons. The Morgan fingerprint density at radius 3 is 2.32 bits per heavy atom. The van der Waals surface area contributed by atoms with Gasteiger partial charge < -0.3 is 10.4 Å². The van der Waals surface area contributed by atoms with Crippen LogP contribution in [0.5, 0.6) is 0 Å². The third-order valence-corrected chi connectivity index (χ3v) is 5.95. The van der Waals surface area contributed by atoms with Gasteiger partial charge in [0.15, 0.2) is 0 Å². The minimum atomic E-state index is -3.23. The van der Waals surface area contributed by atoms with E-state index in [0.717, 1.165) is 6.42 Å². The van der Waals surface area contributed by atoms with Crippen LogP contribution in [-0.4, -0.2) is 54.6 Å². The zero-order valence-corrected chi connectivity index (χ0v) is 14.1. The van der Waals surface area contributed by atoms with Crippen LogP contribution < -0.4 is 5.32 Å². The normalized spacial score (nSPS) is 18.8. The minimum Gasteiger partial charge on any atom is -0.480 e. The first-order chi connectivity index (χ1) is 10.3. The minimum absolute atomic E-state index is 0.150. The van der Waals surface area contributed by atoms with Gasteiger partial charge in [-0.1, -0.05) is 20.3 Å². The van der Waals surface area contributed by atoms with Gasteiger partial charge >= 0.3 is 5.97 Å². The molecule has 0 aromatic heterocycles. The summed E-state index contributed by atoms with van der Waals surface area (Å²) in [6, 6.07) is -0.876. The fourth-order valence-electron chi connectivity index (χ4n) is 2.48. The molecule has 1 atom stereocenters. The lowest BCUT2D eigenvalue weighted by Crippen LogP contribution is -2.47. The molecule has 0 aromatic rings. The number of sulfonamides is 1. The molecule has 1 fully saturated rings. The Balaban J connectivity index is 2.51. The summed E-state index contributed by atoms with van der Waals surface area (Å²) < 4.78 is 25.6. The number of amides is 1. The number of nitrogens with one attached hydrogen (secondary N) is 1. The summed E-state index contributed by atoms with van der Waals surface area (Å²) in [4.78, 5) is 23.0. The molecule has 2 N–H and O–H groups in total. The van der Waals surface area contributed by atoms with Crippen LogP contribution >= 0.6 is 0 Å². The van der Waals surface area contributed by atoms with Gasteiger partial charge in [0.05, 0.1) is 5.75 Å². The highest BCUT2D eigenvalue weighted by Gasteiger charge is 2.32. The quantitative estimate of drug-likeness (QED) is 0.683. The van der Waals surface area contributed by atoms with E-state index in [-0.39, 0.29) is 17.6 Å². The second kappa shape index (κ2) is 8.47. The van der Waals surface area contributed by atoms with E-state index in [1.807, 2.05) is 6.92 Å². The van der Waals surface area contributed by atoms with Crippen LogP contribution in [0.2, 0.25) is 0 Å². The Kier molecular flexibility index (Phi) is 7.28. The fraction of sp³-hybridized carbons (Fsp3) is 0.857. The summed E-state index contributed by atoms with van der Waals surface area (Å²) in [7, 11) is -3.23. The van der Waals surface area contributed by atoms with E-state index in [9.17, 15) is 18.0 Å². The van der Waals surface area contributed by atoms with Crippen molar-refractivity contribution in [3.63, 3.8) is 0 Å². The molecule has 1 saturated heterocycles. The van der Waals surface area contributed by atoms with Gasteiger partial charge in [-0.05, 0) is 25.7 Å². The number of rotatable bonds is 8. The van der Waals surface area contributed by atoms with Crippen molar-refractivity contribution >= 4 is 21.9 Å². The van der Waals surface area contributed by atoms with Crippen LogP contribution in [0.3, 0.4) is 0 Å². The Hall–Kier alpha value is -1.15. The highest BCUT2D eigenvalue weighted by atomic mass is 32.2. The largest absolute Gasteiger partial charge is 0.480 e. The Morgan fingerprint density at radius 2 is 1.86 bits per heavy atom. The first kappa shape index (κ1) is 18.9. The van der Waals surface area contributed by atoms with Crippen LogP contribution in [0, 0.1) is 5.92 Å². The van der Waals surface area contributed by atoms with Gasteiger partial charge in [-0.2, -0.15) is 0 Å². The third kappa shape index (κ3) is 5.24. The number of carbonyl (C=O) groups excluding carboxylic acids is 1. The molecule has 1 aliphatic heterocycles. The Bertz CT molecular complexity index is 483. The van der Waals surface area contributed by atoms with Crippen molar-refractivity contribution in [1.29, 1.82) is 0 Å². The molecule has 0 bridgehead atoms. The smallest absolute Gasteiger partial charge is 0.326 e. The number of nitrogens with zero attached hydrogens (tertiary/aromatic N) is 1. The first-order valence-corrected chi connectivity index (χ1v) is 9.43. The van der Waals surface area contributed by atoms with Gasteiger partial charge in [0, 0.05) is 19.0 Å². The predicted octanol–water partition coefficient (Wildman–Crippen LogP) is 0.808. The Labute approximate surface area is 132 Å². The van der Waals surface area contributed by atoms with Crippen LogP contribution in [0.25, 0.3) is 0 Å². The summed E-state index contributed by atoms with van der Waals surface area (Å²) in [5, 5.41) is 11.5. The van der Waals surface area contributed by atoms with Crippen molar-refractivity contribution in [2.24, 2.45) is 5.92 Å². The zero-order valence-electron chi connectivity index (χ0n) is 13.2. The summed E-state index contributed by atoms with van der Waals surface area (Å²) in [6.07, 6.45) is 2.66. The van der Waals surface area contributed by atoms with Crippen molar-refractivity contribution in [2.75, 3.05) is 18.8 Å². The van der Waals surface area contributed by atoms with Gasteiger partial charge in [-0.25, -0.2) is 17.5 Å². The maximum Gasteiger partial charge on any atom is 0.326 e. The predicted molar refractivity (Wildman–Crippen MR) is 82.8 cm³/mol. The standard InChI is InChI=1S/C14H26N2O5S/c1-3-5-10-22(20,21)16-8-6-11(7-9-16)13(17)15-12(4-2)14(18)19/h11-12H,3-10H2,1-2H3,(H,15,17)(H,18,19). The van der Waals surface area contributed by atoms with Gasteiger partial charge in [-0.15, -0.1) is 0 Å². The molecule has 7 nitrogen and oxygen atoms in total. The molecule has 1 heterocycles.